The summed E-state index contributed by atoms with van der Waals surface area (Å²) in [5.74, 6) is -1.91. The van der Waals surface area contributed by atoms with Crippen molar-refractivity contribution in [1.82, 2.24) is 0 Å². The number of carbonyl (C=O) groups is 2. The summed E-state index contributed by atoms with van der Waals surface area (Å²) in [7, 11) is 0. The summed E-state index contributed by atoms with van der Waals surface area (Å²) < 4.78 is 5.94. The van der Waals surface area contributed by atoms with Crippen LogP contribution in [-0.2, 0) is 14.3 Å². The first-order chi connectivity index (χ1) is 11.2. The third-order valence-corrected chi connectivity index (χ3v) is 5.37. The highest BCUT2D eigenvalue weighted by Gasteiger charge is 2.70. The number of hydrogen-bond donors (Lipinski definition) is 0. The number of nitrogens with zero attached hydrogens (tertiary/aromatic N) is 2. The third kappa shape index (κ3) is 1.65. The van der Waals surface area contributed by atoms with E-state index in [9.17, 15) is 19.7 Å². The van der Waals surface area contributed by atoms with Crippen LogP contribution < -0.4 is 4.90 Å². The van der Waals surface area contributed by atoms with E-state index < -0.39 is 28.0 Å². The zero-order chi connectivity index (χ0) is 17.4. The van der Waals surface area contributed by atoms with Gasteiger partial charge in [-0.15, -0.1) is 0 Å². The molecule has 2 bridgehead atoms. The van der Waals surface area contributed by atoms with Crippen LogP contribution in [0, 0.1) is 28.9 Å². The number of nitro benzene ring substituents is 1. The monoisotopic (exact) mass is 328 g/mol. The molecule has 4 atom stereocenters. The van der Waals surface area contributed by atoms with E-state index in [0.717, 1.165) is 4.90 Å². The summed E-state index contributed by atoms with van der Waals surface area (Å²) >= 11 is 0. The Balaban J connectivity index is 1.83. The van der Waals surface area contributed by atoms with E-state index in [1.165, 1.54) is 12.1 Å². The molecule has 7 nitrogen and oxygen atoms in total. The maximum Gasteiger partial charge on any atom is 0.271 e. The van der Waals surface area contributed by atoms with Crippen LogP contribution in [0.3, 0.4) is 0 Å². The molecule has 0 unspecified atom stereocenters. The second-order valence-electron chi connectivity index (χ2n) is 7.00. The molecule has 7 heteroatoms. The van der Waals surface area contributed by atoms with E-state index in [0.29, 0.717) is 5.56 Å². The van der Waals surface area contributed by atoms with E-state index >= 15 is 0 Å². The summed E-state index contributed by atoms with van der Waals surface area (Å²) in [5.41, 5.74) is -0.854. The van der Waals surface area contributed by atoms with Gasteiger partial charge in [-0.25, -0.2) is 4.90 Å². The second-order valence-corrected chi connectivity index (χ2v) is 7.00. The Morgan fingerprint density at radius 2 is 1.67 bits per heavy atom. The van der Waals surface area contributed by atoms with Crippen LogP contribution in [0.5, 0.6) is 0 Å². The van der Waals surface area contributed by atoms with Crippen molar-refractivity contribution < 1.29 is 19.2 Å². The molecular formula is C17H16N2O5. The normalized spacial score (nSPS) is 36.5. The van der Waals surface area contributed by atoms with Crippen molar-refractivity contribution in [2.75, 3.05) is 4.90 Å². The van der Waals surface area contributed by atoms with Crippen molar-refractivity contribution in [2.24, 2.45) is 11.8 Å². The SMILES string of the molecule is Cc1ccc([N+](=O)[O-])cc1N1C(=O)[C@@H]2[C@H](C1=O)[C@@]1(C)C=C[C@@]2(C)O1. The highest BCUT2D eigenvalue weighted by molar-refractivity contribution is 6.24. The van der Waals surface area contributed by atoms with Crippen LogP contribution in [0.2, 0.25) is 0 Å². The first kappa shape index (κ1) is 15.0. The number of hydrogen-bond acceptors (Lipinski definition) is 5. The van der Waals surface area contributed by atoms with E-state index in [-0.39, 0.29) is 23.2 Å². The first-order valence-electron chi connectivity index (χ1n) is 7.71. The van der Waals surface area contributed by atoms with Gasteiger partial charge in [0.1, 0.15) is 0 Å². The van der Waals surface area contributed by atoms with Crippen molar-refractivity contribution in [2.45, 2.75) is 32.0 Å². The topological polar surface area (TPSA) is 89.8 Å². The maximum absolute atomic E-state index is 13.0. The number of benzene rings is 1. The number of rotatable bonds is 2. The number of amides is 2. The molecule has 2 amide bonds. The highest BCUT2D eigenvalue weighted by atomic mass is 16.6. The minimum Gasteiger partial charge on any atom is -0.359 e. The zero-order valence-corrected chi connectivity index (χ0v) is 13.5. The summed E-state index contributed by atoms with van der Waals surface area (Å²) in [6.45, 7) is 5.32. The molecule has 0 N–H and O–H groups in total. The molecule has 3 aliphatic rings. The Bertz CT molecular complexity index is 811. The van der Waals surface area contributed by atoms with Gasteiger partial charge in [0.05, 0.1) is 33.6 Å². The number of non-ortho nitro benzene ring substituents is 1. The van der Waals surface area contributed by atoms with Crippen LogP contribution in [0.25, 0.3) is 0 Å². The average Bonchev–Trinajstić information content (AvgIpc) is 3.05. The van der Waals surface area contributed by atoms with Crippen molar-refractivity contribution in [3.05, 3.63) is 46.0 Å². The maximum atomic E-state index is 13.0. The van der Waals surface area contributed by atoms with E-state index in [4.69, 9.17) is 4.74 Å². The number of anilines is 1. The van der Waals surface area contributed by atoms with Gasteiger partial charge in [-0.05, 0) is 26.3 Å². The lowest BCUT2D eigenvalue weighted by Gasteiger charge is -2.25. The van der Waals surface area contributed by atoms with Crippen LogP contribution in [0.15, 0.2) is 30.4 Å². The number of nitro groups is 1. The molecule has 3 heterocycles. The summed E-state index contributed by atoms with van der Waals surface area (Å²) in [6, 6.07) is 4.20. The van der Waals surface area contributed by atoms with Gasteiger partial charge < -0.3 is 4.74 Å². The minimum absolute atomic E-state index is 0.150. The molecule has 4 rings (SSSR count). The van der Waals surface area contributed by atoms with Crippen LogP contribution in [0.4, 0.5) is 11.4 Å². The summed E-state index contributed by atoms with van der Waals surface area (Å²) in [4.78, 5) is 37.6. The molecule has 0 saturated carbocycles. The van der Waals surface area contributed by atoms with Gasteiger partial charge in [-0.2, -0.15) is 0 Å². The first-order valence-corrected chi connectivity index (χ1v) is 7.71. The van der Waals surface area contributed by atoms with Gasteiger partial charge in [0.15, 0.2) is 0 Å². The minimum atomic E-state index is -0.810. The Kier molecular flexibility index (Phi) is 2.69. The lowest BCUT2D eigenvalue weighted by atomic mass is 9.73. The molecule has 0 radical (unpaired) electrons. The number of ether oxygens (including phenoxy) is 1. The fourth-order valence-corrected chi connectivity index (χ4v) is 4.22. The van der Waals surface area contributed by atoms with Crippen molar-refractivity contribution in [1.29, 1.82) is 0 Å². The molecule has 1 aromatic rings. The van der Waals surface area contributed by atoms with E-state index in [1.54, 1.807) is 26.8 Å². The number of fused-ring (bicyclic) bond motifs is 5. The number of aryl methyl sites for hydroxylation is 1. The molecule has 0 aliphatic carbocycles. The molecule has 24 heavy (non-hydrogen) atoms. The fraction of sp³-hybridized carbons (Fsp3) is 0.412. The van der Waals surface area contributed by atoms with Crippen molar-refractivity contribution in [3.8, 4) is 0 Å². The third-order valence-electron chi connectivity index (χ3n) is 5.37. The van der Waals surface area contributed by atoms with Gasteiger partial charge in [0.2, 0.25) is 11.8 Å². The van der Waals surface area contributed by atoms with Gasteiger partial charge in [-0.1, -0.05) is 18.2 Å². The highest BCUT2D eigenvalue weighted by Crippen LogP contribution is 2.57. The Labute approximate surface area is 138 Å². The van der Waals surface area contributed by atoms with Crippen LogP contribution in [0.1, 0.15) is 19.4 Å². The quantitative estimate of drug-likeness (QED) is 0.359. The molecule has 0 aromatic heterocycles. The van der Waals surface area contributed by atoms with Gasteiger partial charge in [-0.3, -0.25) is 19.7 Å². The lowest BCUT2D eigenvalue weighted by molar-refractivity contribution is -0.384. The molecule has 0 spiro atoms. The smallest absolute Gasteiger partial charge is 0.271 e. The summed E-state index contributed by atoms with van der Waals surface area (Å²) in [5, 5.41) is 11.0. The molecule has 2 fully saturated rings. The molecule has 124 valence electrons. The fourth-order valence-electron chi connectivity index (χ4n) is 4.22. The predicted molar refractivity (Wildman–Crippen MR) is 84.3 cm³/mol. The Morgan fingerprint density at radius 1 is 1.12 bits per heavy atom. The predicted octanol–water partition coefficient (Wildman–Crippen LogP) is 2.13. The van der Waals surface area contributed by atoms with E-state index in [2.05, 4.69) is 0 Å². The van der Waals surface area contributed by atoms with Crippen molar-refractivity contribution in [3.63, 3.8) is 0 Å². The molecular weight excluding hydrogens is 312 g/mol. The molecule has 1 aromatic carbocycles. The summed E-state index contributed by atoms with van der Waals surface area (Å²) in [6.07, 6.45) is 3.67. The van der Waals surface area contributed by atoms with Gasteiger partial charge in [0.25, 0.3) is 5.69 Å². The number of imide groups is 1. The average molecular weight is 328 g/mol. The largest absolute Gasteiger partial charge is 0.359 e. The zero-order valence-electron chi connectivity index (χ0n) is 13.5. The van der Waals surface area contributed by atoms with Gasteiger partial charge >= 0.3 is 0 Å². The second kappa shape index (κ2) is 4.30. The Hall–Kier alpha value is -2.54. The number of carbonyl (C=O) groups excluding carboxylic acids is 2. The van der Waals surface area contributed by atoms with Crippen LogP contribution in [-0.4, -0.2) is 27.9 Å². The molecule has 3 aliphatic heterocycles. The van der Waals surface area contributed by atoms with Gasteiger partial charge in [0, 0.05) is 12.1 Å². The van der Waals surface area contributed by atoms with Crippen molar-refractivity contribution >= 4 is 23.2 Å². The van der Waals surface area contributed by atoms with E-state index in [1.807, 2.05) is 12.2 Å². The lowest BCUT2D eigenvalue weighted by Crippen LogP contribution is -2.39. The Morgan fingerprint density at radius 3 is 2.17 bits per heavy atom. The van der Waals surface area contributed by atoms with Crippen LogP contribution >= 0.6 is 0 Å². The standard InChI is InChI=1S/C17H16N2O5/c1-9-4-5-10(19(22)23)8-11(9)18-14(20)12-13(15(18)21)17(3)7-6-16(12,2)24-17/h4-8,12-13H,1-3H3/t12-,13+,16-,17-/m1/s1. The molecule has 2 saturated heterocycles.